The van der Waals surface area contributed by atoms with Crippen LogP contribution in [0, 0.1) is 0 Å². The van der Waals surface area contributed by atoms with Crippen molar-refractivity contribution in [3.05, 3.63) is 34.9 Å². The van der Waals surface area contributed by atoms with Gasteiger partial charge in [0, 0.05) is 23.7 Å². The Kier molecular flexibility index (Phi) is 6.49. The van der Waals surface area contributed by atoms with Gasteiger partial charge < -0.3 is 9.64 Å². The number of amides is 1. The number of hydrogen-bond acceptors (Lipinski definition) is 3. The van der Waals surface area contributed by atoms with Crippen LogP contribution in [-0.2, 0) is 11.3 Å². The van der Waals surface area contributed by atoms with Gasteiger partial charge in [0.15, 0.2) is 0 Å². The first kappa shape index (κ1) is 17.8. The fraction of sp³-hybridized carbons (Fsp3) is 0.562. The monoisotopic (exact) mass is 312 g/mol. The van der Waals surface area contributed by atoms with Crippen LogP contribution in [0.1, 0.15) is 26.3 Å². The highest BCUT2D eigenvalue weighted by Gasteiger charge is 2.27. The minimum absolute atomic E-state index is 0.292. The Morgan fingerprint density at radius 3 is 2.24 bits per heavy atom. The summed E-state index contributed by atoms with van der Waals surface area (Å²) in [6.45, 7) is 7.59. The van der Waals surface area contributed by atoms with Crippen molar-refractivity contribution in [2.75, 3.05) is 27.2 Å². The van der Waals surface area contributed by atoms with Crippen molar-refractivity contribution in [1.82, 2.24) is 9.80 Å². The number of nitrogens with zero attached hydrogens (tertiary/aromatic N) is 2. The standard InChI is InChI=1S/C16H25ClN2O2/c1-16(2,3)19(15(20)21-11-10-18(4)5)12-13-6-8-14(17)9-7-13/h6-9H,10-12H2,1-5H3. The van der Waals surface area contributed by atoms with Gasteiger partial charge in [-0.2, -0.15) is 0 Å². The van der Waals surface area contributed by atoms with E-state index in [1.54, 1.807) is 4.90 Å². The summed E-state index contributed by atoms with van der Waals surface area (Å²) in [5.74, 6) is 0. The minimum atomic E-state index is -0.311. The van der Waals surface area contributed by atoms with Crippen molar-refractivity contribution in [1.29, 1.82) is 0 Å². The SMILES string of the molecule is CN(C)CCOC(=O)N(Cc1ccc(Cl)cc1)C(C)(C)C. The summed E-state index contributed by atoms with van der Waals surface area (Å²) in [6.07, 6.45) is -0.292. The van der Waals surface area contributed by atoms with Crippen LogP contribution in [0.25, 0.3) is 0 Å². The number of carbonyl (C=O) groups excluding carboxylic acids is 1. The van der Waals surface area contributed by atoms with Gasteiger partial charge >= 0.3 is 6.09 Å². The lowest BCUT2D eigenvalue weighted by atomic mass is 10.1. The zero-order valence-corrected chi connectivity index (χ0v) is 14.3. The van der Waals surface area contributed by atoms with Gasteiger partial charge in [-0.25, -0.2) is 4.79 Å². The molecule has 0 spiro atoms. The molecule has 21 heavy (non-hydrogen) atoms. The molecule has 0 radical (unpaired) electrons. The van der Waals surface area contributed by atoms with Gasteiger partial charge in [-0.15, -0.1) is 0 Å². The van der Waals surface area contributed by atoms with E-state index in [1.807, 2.05) is 64.0 Å². The van der Waals surface area contributed by atoms with Crippen molar-refractivity contribution in [2.24, 2.45) is 0 Å². The first-order valence-corrected chi connectivity index (χ1v) is 7.41. The van der Waals surface area contributed by atoms with Crippen LogP contribution >= 0.6 is 11.6 Å². The maximum atomic E-state index is 12.3. The lowest BCUT2D eigenvalue weighted by Gasteiger charge is -2.35. The summed E-state index contributed by atoms with van der Waals surface area (Å²) in [4.78, 5) is 16.0. The predicted molar refractivity (Wildman–Crippen MR) is 86.7 cm³/mol. The molecule has 0 aliphatic rings. The van der Waals surface area contributed by atoms with E-state index in [0.717, 1.165) is 5.56 Å². The van der Waals surface area contributed by atoms with Gasteiger partial charge in [-0.05, 0) is 52.6 Å². The molecule has 1 amide bonds. The normalized spacial score (nSPS) is 11.6. The molecule has 1 aromatic carbocycles. The van der Waals surface area contributed by atoms with Crippen molar-refractivity contribution < 1.29 is 9.53 Å². The first-order valence-electron chi connectivity index (χ1n) is 7.03. The average Bonchev–Trinajstić information content (AvgIpc) is 2.36. The molecule has 0 atom stereocenters. The fourth-order valence-corrected chi connectivity index (χ4v) is 1.87. The van der Waals surface area contributed by atoms with E-state index in [0.29, 0.717) is 24.7 Å². The van der Waals surface area contributed by atoms with Crippen LogP contribution in [0.5, 0.6) is 0 Å². The molecule has 0 heterocycles. The number of benzene rings is 1. The highest BCUT2D eigenvalue weighted by atomic mass is 35.5. The molecule has 0 fully saturated rings. The Balaban J connectivity index is 2.72. The molecule has 0 saturated heterocycles. The number of halogens is 1. The zero-order chi connectivity index (χ0) is 16.0. The molecule has 0 saturated carbocycles. The van der Waals surface area contributed by atoms with Gasteiger partial charge in [-0.1, -0.05) is 23.7 Å². The summed E-state index contributed by atoms with van der Waals surface area (Å²) >= 11 is 5.89. The number of rotatable bonds is 5. The van der Waals surface area contributed by atoms with Crippen LogP contribution in [-0.4, -0.2) is 48.7 Å². The highest BCUT2D eigenvalue weighted by molar-refractivity contribution is 6.30. The Bertz CT molecular complexity index is 452. The van der Waals surface area contributed by atoms with Crippen LogP contribution in [0.3, 0.4) is 0 Å². The lowest BCUT2D eigenvalue weighted by Crippen LogP contribution is -2.45. The third kappa shape index (κ3) is 6.36. The van der Waals surface area contributed by atoms with Crippen molar-refractivity contribution in [3.8, 4) is 0 Å². The highest BCUT2D eigenvalue weighted by Crippen LogP contribution is 2.19. The second-order valence-corrected chi connectivity index (χ2v) is 6.74. The van der Waals surface area contributed by atoms with Crippen LogP contribution in [0.4, 0.5) is 4.79 Å². The molecule has 0 aliphatic heterocycles. The van der Waals surface area contributed by atoms with Crippen LogP contribution in [0.2, 0.25) is 5.02 Å². The van der Waals surface area contributed by atoms with E-state index in [2.05, 4.69) is 0 Å². The maximum Gasteiger partial charge on any atom is 0.410 e. The van der Waals surface area contributed by atoms with Crippen molar-refractivity contribution >= 4 is 17.7 Å². The largest absolute Gasteiger partial charge is 0.448 e. The van der Waals surface area contributed by atoms with E-state index < -0.39 is 0 Å². The van der Waals surface area contributed by atoms with Crippen LogP contribution < -0.4 is 0 Å². The van der Waals surface area contributed by atoms with E-state index >= 15 is 0 Å². The molecule has 0 bridgehead atoms. The molecular formula is C16H25ClN2O2. The lowest BCUT2D eigenvalue weighted by molar-refractivity contribution is 0.0599. The Morgan fingerprint density at radius 2 is 1.76 bits per heavy atom. The third-order valence-electron chi connectivity index (χ3n) is 3.05. The third-order valence-corrected chi connectivity index (χ3v) is 3.30. The number of ether oxygens (including phenoxy) is 1. The molecule has 1 rings (SSSR count). The zero-order valence-electron chi connectivity index (χ0n) is 13.5. The van der Waals surface area contributed by atoms with Gasteiger partial charge in [-0.3, -0.25) is 4.90 Å². The Hall–Kier alpha value is -1.26. The van der Waals surface area contributed by atoms with E-state index in [1.165, 1.54) is 0 Å². The average molecular weight is 313 g/mol. The summed E-state index contributed by atoms with van der Waals surface area (Å²) in [5.41, 5.74) is 0.716. The molecule has 118 valence electrons. The quantitative estimate of drug-likeness (QED) is 0.832. The van der Waals surface area contributed by atoms with Gasteiger partial charge in [0.2, 0.25) is 0 Å². The van der Waals surface area contributed by atoms with Gasteiger partial charge in [0.05, 0.1) is 0 Å². The summed E-state index contributed by atoms with van der Waals surface area (Å²) < 4.78 is 5.36. The minimum Gasteiger partial charge on any atom is -0.448 e. The molecule has 1 aromatic rings. The molecule has 0 unspecified atom stereocenters. The van der Waals surface area contributed by atoms with Crippen molar-refractivity contribution in [2.45, 2.75) is 32.9 Å². The van der Waals surface area contributed by atoms with E-state index in [4.69, 9.17) is 16.3 Å². The van der Waals surface area contributed by atoms with Crippen molar-refractivity contribution in [3.63, 3.8) is 0 Å². The molecule has 4 nitrogen and oxygen atoms in total. The second kappa shape index (κ2) is 7.66. The molecule has 0 aliphatic carbocycles. The van der Waals surface area contributed by atoms with E-state index in [9.17, 15) is 4.79 Å². The predicted octanol–water partition coefficient (Wildman–Crippen LogP) is 3.64. The van der Waals surface area contributed by atoms with E-state index in [-0.39, 0.29) is 11.6 Å². The molecule has 5 heteroatoms. The first-order chi connectivity index (χ1) is 9.70. The molecule has 0 aromatic heterocycles. The Labute approximate surface area is 132 Å². The smallest absolute Gasteiger partial charge is 0.410 e. The van der Waals surface area contributed by atoms with Crippen LogP contribution in [0.15, 0.2) is 24.3 Å². The maximum absolute atomic E-state index is 12.3. The van der Waals surface area contributed by atoms with Gasteiger partial charge in [0.25, 0.3) is 0 Å². The molecule has 0 N–H and O–H groups in total. The number of likely N-dealkylation sites (N-methyl/N-ethyl adjacent to an activating group) is 1. The summed E-state index contributed by atoms with van der Waals surface area (Å²) in [5, 5.41) is 0.689. The fourth-order valence-electron chi connectivity index (χ4n) is 1.74. The summed E-state index contributed by atoms with van der Waals surface area (Å²) in [7, 11) is 3.89. The number of hydrogen-bond donors (Lipinski definition) is 0. The molecular weight excluding hydrogens is 288 g/mol. The summed E-state index contributed by atoms with van der Waals surface area (Å²) in [6, 6.07) is 7.51. The number of carbonyl (C=O) groups is 1. The Morgan fingerprint density at radius 1 is 1.19 bits per heavy atom. The second-order valence-electron chi connectivity index (χ2n) is 6.30. The topological polar surface area (TPSA) is 32.8 Å². The van der Waals surface area contributed by atoms with Gasteiger partial charge in [0.1, 0.15) is 6.61 Å².